The molecule has 2 rings (SSSR count). The maximum absolute atomic E-state index is 12.6. The third-order valence-corrected chi connectivity index (χ3v) is 4.89. The molecule has 0 atom stereocenters. The van der Waals surface area contributed by atoms with E-state index in [2.05, 4.69) is 5.32 Å². The number of hydrogen-bond donors (Lipinski definition) is 1. The first kappa shape index (κ1) is 19.7. The van der Waals surface area contributed by atoms with Gasteiger partial charge in [0.15, 0.2) is 0 Å². The first-order chi connectivity index (χ1) is 12.4. The van der Waals surface area contributed by atoms with Crippen LogP contribution in [-0.4, -0.2) is 31.1 Å². The molecule has 0 radical (unpaired) electrons. The van der Waals surface area contributed by atoms with Gasteiger partial charge in [-0.25, -0.2) is 9.59 Å². The van der Waals surface area contributed by atoms with Crippen molar-refractivity contribution in [1.82, 2.24) is 0 Å². The largest absolute Gasteiger partial charge is 0.462 e. The highest BCUT2D eigenvalue weighted by molar-refractivity contribution is 7.18. The number of nitrogens with one attached hydrogen (secondary N) is 1. The van der Waals surface area contributed by atoms with E-state index in [-0.39, 0.29) is 34.6 Å². The minimum Gasteiger partial charge on any atom is -0.462 e. The van der Waals surface area contributed by atoms with Crippen LogP contribution in [0.3, 0.4) is 0 Å². The molecule has 0 aliphatic heterocycles. The lowest BCUT2D eigenvalue weighted by molar-refractivity contribution is 0.0527. The maximum Gasteiger partial charge on any atom is 0.348 e. The van der Waals surface area contributed by atoms with Gasteiger partial charge in [-0.15, -0.1) is 11.3 Å². The molecule has 1 heterocycles. The molecule has 26 heavy (non-hydrogen) atoms. The number of benzene rings is 1. The summed E-state index contributed by atoms with van der Waals surface area (Å²) in [5.74, 6) is -1.47. The molecule has 0 bridgehead atoms. The standard InChI is InChI=1S/C19H21NO5S/c1-5-24-18(22)14-12(4)15(19(23)25-6-2)26-17(14)20-16(21)13-10-8-7-9-11(13)3/h7-10H,5-6H2,1-4H3,(H,20,21). The zero-order chi connectivity index (χ0) is 19.3. The van der Waals surface area contributed by atoms with Crippen LogP contribution in [0.5, 0.6) is 0 Å². The predicted octanol–water partition coefficient (Wildman–Crippen LogP) is 3.97. The van der Waals surface area contributed by atoms with Gasteiger partial charge in [-0.2, -0.15) is 0 Å². The van der Waals surface area contributed by atoms with Crippen molar-refractivity contribution in [1.29, 1.82) is 0 Å². The van der Waals surface area contributed by atoms with E-state index < -0.39 is 11.9 Å². The molecule has 138 valence electrons. The maximum atomic E-state index is 12.6. The number of aryl methyl sites for hydroxylation is 1. The van der Waals surface area contributed by atoms with Gasteiger partial charge in [0, 0.05) is 5.56 Å². The first-order valence-corrected chi connectivity index (χ1v) is 9.06. The lowest BCUT2D eigenvalue weighted by atomic mass is 10.1. The van der Waals surface area contributed by atoms with E-state index >= 15 is 0 Å². The van der Waals surface area contributed by atoms with Gasteiger partial charge in [-0.05, 0) is 44.9 Å². The number of anilines is 1. The highest BCUT2D eigenvalue weighted by Crippen LogP contribution is 2.34. The van der Waals surface area contributed by atoms with E-state index in [1.807, 2.05) is 19.1 Å². The molecule has 1 N–H and O–H groups in total. The van der Waals surface area contributed by atoms with Crippen LogP contribution in [0.15, 0.2) is 24.3 Å². The fourth-order valence-electron chi connectivity index (χ4n) is 2.44. The van der Waals surface area contributed by atoms with Crippen molar-refractivity contribution in [2.75, 3.05) is 18.5 Å². The summed E-state index contributed by atoms with van der Waals surface area (Å²) >= 11 is 1.01. The number of rotatable bonds is 6. The summed E-state index contributed by atoms with van der Waals surface area (Å²) in [6.07, 6.45) is 0. The summed E-state index contributed by atoms with van der Waals surface area (Å²) in [7, 11) is 0. The van der Waals surface area contributed by atoms with Crippen LogP contribution < -0.4 is 5.32 Å². The number of thiophene rings is 1. The Bertz CT molecular complexity index is 840. The minimum atomic E-state index is -0.586. The average Bonchev–Trinajstić information content (AvgIpc) is 2.92. The van der Waals surface area contributed by atoms with Crippen LogP contribution >= 0.6 is 11.3 Å². The number of ether oxygens (including phenoxy) is 2. The van der Waals surface area contributed by atoms with Crippen LogP contribution in [0.4, 0.5) is 5.00 Å². The van der Waals surface area contributed by atoms with E-state index in [4.69, 9.17) is 9.47 Å². The molecule has 1 aromatic carbocycles. The monoisotopic (exact) mass is 375 g/mol. The molecule has 0 saturated heterocycles. The molecule has 7 heteroatoms. The third kappa shape index (κ3) is 4.11. The van der Waals surface area contributed by atoms with Crippen LogP contribution in [0, 0.1) is 13.8 Å². The topological polar surface area (TPSA) is 81.7 Å². The van der Waals surface area contributed by atoms with Crippen molar-refractivity contribution in [3.63, 3.8) is 0 Å². The van der Waals surface area contributed by atoms with Gasteiger partial charge in [-0.3, -0.25) is 4.79 Å². The molecule has 0 spiro atoms. The fourth-order valence-corrected chi connectivity index (χ4v) is 3.52. The second kappa shape index (κ2) is 8.62. The highest BCUT2D eigenvalue weighted by atomic mass is 32.1. The van der Waals surface area contributed by atoms with E-state index in [1.54, 1.807) is 32.9 Å². The minimum absolute atomic E-state index is 0.182. The molecular formula is C19H21NO5S. The normalized spacial score (nSPS) is 10.3. The molecule has 0 saturated carbocycles. The zero-order valence-corrected chi connectivity index (χ0v) is 16.0. The van der Waals surface area contributed by atoms with Gasteiger partial charge < -0.3 is 14.8 Å². The smallest absolute Gasteiger partial charge is 0.348 e. The Labute approximate surface area is 156 Å². The molecule has 0 unspecified atom stereocenters. The molecule has 0 aliphatic rings. The predicted molar refractivity (Wildman–Crippen MR) is 100 cm³/mol. The van der Waals surface area contributed by atoms with Crippen molar-refractivity contribution in [3.05, 3.63) is 51.4 Å². The van der Waals surface area contributed by atoms with Crippen molar-refractivity contribution >= 4 is 34.2 Å². The van der Waals surface area contributed by atoms with Crippen LogP contribution in [0.2, 0.25) is 0 Å². The Morgan fingerprint density at radius 1 is 1.00 bits per heavy atom. The Balaban J connectivity index is 2.44. The molecule has 1 aromatic heterocycles. The first-order valence-electron chi connectivity index (χ1n) is 8.25. The van der Waals surface area contributed by atoms with E-state index in [9.17, 15) is 14.4 Å². The SMILES string of the molecule is CCOC(=O)c1sc(NC(=O)c2ccccc2C)c(C(=O)OCC)c1C. The lowest BCUT2D eigenvalue weighted by Crippen LogP contribution is -2.15. The average molecular weight is 375 g/mol. The summed E-state index contributed by atoms with van der Waals surface area (Å²) in [5.41, 5.74) is 1.92. The van der Waals surface area contributed by atoms with Crippen molar-refractivity contribution in [2.45, 2.75) is 27.7 Å². The fraction of sp³-hybridized carbons (Fsp3) is 0.316. The van der Waals surface area contributed by atoms with Gasteiger partial charge in [0.2, 0.25) is 0 Å². The summed E-state index contributed by atoms with van der Waals surface area (Å²) in [5, 5.41) is 3.01. The van der Waals surface area contributed by atoms with E-state index in [0.717, 1.165) is 16.9 Å². The summed E-state index contributed by atoms with van der Waals surface area (Å²) in [4.78, 5) is 37.4. The summed E-state index contributed by atoms with van der Waals surface area (Å²) < 4.78 is 10.1. The molecule has 6 nitrogen and oxygen atoms in total. The summed E-state index contributed by atoms with van der Waals surface area (Å²) in [6, 6.07) is 7.12. The van der Waals surface area contributed by atoms with Crippen LogP contribution in [-0.2, 0) is 9.47 Å². The van der Waals surface area contributed by atoms with Gasteiger partial charge >= 0.3 is 11.9 Å². The lowest BCUT2D eigenvalue weighted by Gasteiger charge is -2.08. The number of carbonyl (C=O) groups excluding carboxylic acids is 3. The third-order valence-electron chi connectivity index (χ3n) is 3.70. The van der Waals surface area contributed by atoms with E-state index in [1.165, 1.54) is 0 Å². The molecule has 2 aromatic rings. The van der Waals surface area contributed by atoms with Gasteiger partial charge in [0.1, 0.15) is 9.88 Å². The summed E-state index contributed by atoms with van der Waals surface area (Å²) in [6.45, 7) is 7.26. The Morgan fingerprint density at radius 2 is 1.62 bits per heavy atom. The van der Waals surface area contributed by atoms with Crippen LogP contribution in [0.25, 0.3) is 0 Å². The van der Waals surface area contributed by atoms with Gasteiger partial charge in [0.25, 0.3) is 5.91 Å². The number of hydrogen-bond acceptors (Lipinski definition) is 6. The molecule has 1 amide bonds. The molecule has 0 aliphatic carbocycles. The van der Waals surface area contributed by atoms with Gasteiger partial charge in [0.05, 0.1) is 18.8 Å². The van der Waals surface area contributed by atoms with E-state index in [0.29, 0.717) is 11.1 Å². The molecular weight excluding hydrogens is 354 g/mol. The van der Waals surface area contributed by atoms with Crippen molar-refractivity contribution < 1.29 is 23.9 Å². The van der Waals surface area contributed by atoms with Gasteiger partial charge in [-0.1, -0.05) is 18.2 Å². The Morgan fingerprint density at radius 3 is 2.23 bits per heavy atom. The second-order valence-electron chi connectivity index (χ2n) is 5.47. The van der Waals surface area contributed by atoms with Crippen molar-refractivity contribution in [3.8, 4) is 0 Å². The number of carbonyl (C=O) groups is 3. The quantitative estimate of drug-likeness (QED) is 0.773. The second-order valence-corrected chi connectivity index (χ2v) is 6.49. The molecule has 0 fully saturated rings. The number of esters is 2. The zero-order valence-electron chi connectivity index (χ0n) is 15.2. The number of amides is 1. The Hall–Kier alpha value is -2.67. The Kier molecular flexibility index (Phi) is 6.52. The van der Waals surface area contributed by atoms with Crippen LogP contribution in [0.1, 0.15) is 55.4 Å². The van der Waals surface area contributed by atoms with Crippen molar-refractivity contribution in [2.24, 2.45) is 0 Å². The highest BCUT2D eigenvalue weighted by Gasteiger charge is 2.27.